The quantitative estimate of drug-likeness (QED) is 0.820. The van der Waals surface area contributed by atoms with Gasteiger partial charge in [0.2, 0.25) is 5.91 Å². The van der Waals surface area contributed by atoms with Crippen LogP contribution in [-0.4, -0.2) is 47.5 Å². The summed E-state index contributed by atoms with van der Waals surface area (Å²) in [4.78, 5) is 29.9. The molecule has 0 bridgehead atoms. The Bertz CT molecular complexity index is 932. The highest BCUT2D eigenvalue weighted by Crippen LogP contribution is 2.16. The van der Waals surface area contributed by atoms with Gasteiger partial charge in [0.15, 0.2) is 9.84 Å². The van der Waals surface area contributed by atoms with E-state index in [0.29, 0.717) is 31.2 Å². The van der Waals surface area contributed by atoms with Crippen molar-refractivity contribution < 1.29 is 18.0 Å². The van der Waals surface area contributed by atoms with E-state index in [1.54, 1.807) is 21.6 Å². The van der Waals surface area contributed by atoms with Gasteiger partial charge in [0.25, 0.3) is 5.91 Å². The highest BCUT2D eigenvalue weighted by atomic mass is 32.2. The molecule has 9 heteroatoms. The SMILES string of the molecule is CS(=O)(=O)c1ccc(CC(=O)N2CCn3c(C(N)=O)cnc3C2)cc1. The fourth-order valence-corrected chi connectivity index (χ4v) is 3.44. The van der Waals surface area contributed by atoms with Crippen LogP contribution in [0.2, 0.25) is 0 Å². The van der Waals surface area contributed by atoms with Gasteiger partial charge >= 0.3 is 0 Å². The molecule has 1 aliphatic heterocycles. The minimum absolute atomic E-state index is 0.0815. The maximum Gasteiger partial charge on any atom is 0.266 e. The molecule has 1 aromatic heterocycles. The molecule has 0 atom stereocenters. The van der Waals surface area contributed by atoms with E-state index >= 15 is 0 Å². The molecule has 25 heavy (non-hydrogen) atoms. The van der Waals surface area contributed by atoms with Gasteiger partial charge in [-0.1, -0.05) is 12.1 Å². The number of carbonyl (C=O) groups excluding carboxylic acids is 2. The summed E-state index contributed by atoms with van der Waals surface area (Å²) >= 11 is 0. The molecule has 1 aromatic carbocycles. The minimum Gasteiger partial charge on any atom is -0.364 e. The van der Waals surface area contributed by atoms with Crippen molar-refractivity contribution in [2.45, 2.75) is 24.4 Å². The second kappa shape index (κ2) is 6.32. The number of nitrogens with two attached hydrogens (primary N) is 1. The largest absolute Gasteiger partial charge is 0.364 e. The van der Waals surface area contributed by atoms with Crippen molar-refractivity contribution in [1.29, 1.82) is 0 Å². The van der Waals surface area contributed by atoms with Gasteiger partial charge < -0.3 is 15.2 Å². The zero-order chi connectivity index (χ0) is 18.2. The molecule has 0 unspecified atom stereocenters. The summed E-state index contributed by atoms with van der Waals surface area (Å²) in [6.07, 6.45) is 2.74. The van der Waals surface area contributed by atoms with Crippen LogP contribution in [0.25, 0.3) is 0 Å². The van der Waals surface area contributed by atoms with Gasteiger partial charge in [0.05, 0.1) is 24.1 Å². The Labute approximate surface area is 145 Å². The summed E-state index contributed by atoms with van der Waals surface area (Å²) in [5.41, 5.74) is 6.38. The Morgan fingerprint density at radius 1 is 1.20 bits per heavy atom. The van der Waals surface area contributed by atoms with Gasteiger partial charge in [-0.15, -0.1) is 0 Å². The molecule has 0 aliphatic carbocycles. The van der Waals surface area contributed by atoms with Crippen LogP contribution in [0.1, 0.15) is 21.9 Å². The predicted molar refractivity (Wildman–Crippen MR) is 89.4 cm³/mol. The van der Waals surface area contributed by atoms with Gasteiger partial charge in [-0.3, -0.25) is 9.59 Å². The van der Waals surface area contributed by atoms with Gasteiger partial charge in [0, 0.05) is 19.3 Å². The molecule has 2 aromatic rings. The van der Waals surface area contributed by atoms with Crippen LogP contribution in [0.15, 0.2) is 35.4 Å². The van der Waals surface area contributed by atoms with Crippen molar-refractivity contribution in [2.24, 2.45) is 5.73 Å². The lowest BCUT2D eigenvalue weighted by Crippen LogP contribution is -2.40. The third-order valence-electron chi connectivity index (χ3n) is 4.18. The number of carbonyl (C=O) groups is 2. The van der Waals surface area contributed by atoms with E-state index in [-0.39, 0.29) is 17.2 Å². The van der Waals surface area contributed by atoms with E-state index in [4.69, 9.17) is 5.73 Å². The van der Waals surface area contributed by atoms with Crippen molar-refractivity contribution >= 4 is 21.7 Å². The zero-order valence-electron chi connectivity index (χ0n) is 13.7. The van der Waals surface area contributed by atoms with Crippen LogP contribution in [0.3, 0.4) is 0 Å². The normalized spacial score (nSPS) is 14.2. The number of nitrogens with zero attached hydrogens (tertiary/aromatic N) is 3. The standard InChI is InChI=1S/C16H18N4O4S/c1-25(23,24)12-4-2-11(3-5-12)8-15(21)19-6-7-20-13(16(17)22)9-18-14(20)10-19/h2-5,9H,6-8,10H2,1H3,(H2,17,22). The molecule has 2 N–H and O–H groups in total. The first-order valence-corrected chi connectivity index (χ1v) is 9.56. The number of aromatic nitrogens is 2. The average molecular weight is 362 g/mol. The summed E-state index contributed by atoms with van der Waals surface area (Å²) in [5.74, 6) is 0.00676. The second-order valence-corrected chi connectivity index (χ2v) is 8.00. The Hall–Kier alpha value is -2.68. The summed E-state index contributed by atoms with van der Waals surface area (Å²) in [5, 5.41) is 0. The molecule has 0 radical (unpaired) electrons. The lowest BCUT2D eigenvalue weighted by Gasteiger charge is -2.28. The fraction of sp³-hybridized carbons (Fsp3) is 0.312. The minimum atomic E-state index is -3.25. The van der Waals surface area contributed by atoms with Gasteiger partial charge in [-0.25, -0.2) is 13.4 Å². The highest BCUT2D eigenvalue weighted by Gasteiger charge is 2.24. The number of hydrogen-bond donors (Lipinski definition) is 1. The van der Waals surface area contributed by atoms with Crippen LogP contribution >= 0.6 is 0 Å². The van der Waals surface area contributed by atoms with Crippen molar-refractivity contribution in [2.75, 3.05) is 12.8 Å². The summed E-state index contributed by atoms with van der Waals surface area (Å²) in [7, 11) is -3.25. The molecule has 2 heterocycles. The first-order valence-electron chi connectivity index (χ1n) is 7.66. The maximum absolute atomic E-state index is 12.5. The first-order chi connectivity index (χ1) is 11.8. The van der Waals surface area contributed by atoms with Crippen LogP contribution in [-0.2, 0) is 34.1 Å². The number of sulfone groups is 1. The molecule has 0 saturated carbocycles. The summed E-state index contributed by atoms with van der Waals surface area (Å²) in [6, 6.07) is 6.29. The molecule has 0 saturated heterocycles. The molecule has 0 spiro atoms. The fourth-order valence-electron chi connectivity index (χ4n) is 2.81. The molecule has 2 amide bonds. The smallest absolute Gasteiger partial charge is 0.266 e. The van der Waals surface area contributed by atoms with Crippen molar-refractivity contribution in [3.05, 3.63) is 47.5 Å². The molecule has 1 aliphatic rings. The van der Waals surface area contributed by atoms with E-state index in [0.717, 1.165) is 11.8 Å². The van der Waals surface area contributed by atoms with Gasteiger partial charge in [-0.05, 0) is 17.7 Å². The predicted octanol–water partition coefficient (Wildman–Crippen LogP) is -0.0296. The van der Waals surface area contributed by atoms with E-state index in [9.17, 15) is 18.0 Å². The van der Waals surface area contributed by atoms with Gasteiger partial charge in [-0.2, -0.15) is 0 Å². The third kappa shape index (κ3) is 3.55. The average Bonchev–Trinajstić information content (AvgIpc) is 2.97. The van der Waals surface area contributed by atoms with E-state index in [1.165, 1.54) is 18.3 Å². The molecule has 132 valence electrons. The molecule has 3 rings (SSSR count). The number of imidazole rings is 1. The number of benzene rings is 1. The molecule has 0 fully saturated rings. The van der Waals surface area contributed by atoms with E-state index < -0.39 is 15.7 Å². The summed E-state index contributed by atoms with van der Waals surface area (Å²) < 4.78 is 24.7. The van der Waals surface area contributed by atoms with Crippen molar-refractivity contribution in [1.82, 2.24) is 14.5 Å². The Balaban J connectivity index is 1.69. The van der Waals surface area contributed by atoms with Crippen LogP contribution in [0.5, 0.6) is 0 Å². The molecular weight excluding hydrogens is 344 g/mol. The molecular formula is C16H18N4O4S. The second-order valence-electron chi connectivity index (χ2n) is 5.98. The number of primary amides is 1. The Kier molecular flexibility index (Phi) is 4.34. The maximum atomic E-state index is 12.5. The van der Waals surface area contributed by atoms with E-state index in [2.05, 4.69) is 4.98 Å². The lowest BCUT2D eigenvalue weighted by molar-refractivity contribution is -0.132. The van der Waals surface area contributed by atoms with E-state index in [1.807, 2.05) is 0 Å². The highest BCUT2D eigenvalue weighted by molar-refractivity contribution is 7.90. The Morgan fingerprint density at radius 2 is 1.88 bits per heavy atom. The number of hydrogen-bond acceptors (Lipinski definition) is 5. The first kappa shape index (κ1) is 17.2. The number of rotatable bonds is 4. The van der Waals surface area contributed by atoms with Crippen LogP contribution < -0.4 is 5.73 Å². The number of fused-ring (bicyclic) bond motifs is 1. The monoisotopic (exact) mass is 362 g/mol. The third-order valence-corrected chi connectivity index (χ3v) is 5.30. The van der Waals surface area contributed by atoms with Crippen LogP contribution in [0, 0.1) is 0 Å². The van der Waals surface area contributed by atoms with Crippen LogP contribution in [0.4, 0.5) is 0 Å². The van der Waals surface area contributed by atoms with Crippen molar-refractivity contribution in [3.8, 4) is 0 Å². The Morgan fingerprint density at radius 3 is 2.48 bits per heavy atom. The number of amides is 2. The topological polar surface area (TPSA) is 115 Å². The lowest BCUT2D eigenvalue weighted by atomic mass is 10.1. The summed E-state index contributed by atoms with van der Waals surface area (Å²) in [6.45, 7) is 1.24. The molecule has 8 nitrogen and oxygen atoms in total. The van der Waals surface area contributed by atoms with Gasteiger partial charge in [0.1, 0.15) is 11.5 Å². The van der Waals surface area contributed by atoms with Crippen molar-refractivity contribution in [3.63, 3.8) is 0 Å². The zero-order valence-corrected chi connectivity index (χ0v) is 14.5.